The van der Waals surface area contributed by atoms with Crippen molar-refractivity contribution >= 4 is 38.2 Å². The van der Waals surface area contributed by atoms with Crippen LogP contribution in [0.1, 0.15) is 29.5 Å². The minimum Gasteiger partial charge on any atom is -0.493 e. The van der Waals surface area contributed by atoms with Crippen molar-refractivity contribution in [1.82, 2.24) is 15.3 Å². The van der Waals surface area contributed by atoms with Gasteiger partial charge in [-0.25, -0.2) is 4.98 Å². The standard InChI is InChI=1S/C28H32N6O5S/c1-37-24-13-17(12-19-16-33-28(31)34-27(19)30)14-25(38-2)26(24)39-11-3-10-32-23-9-8-21(40(35)36)15-22(23)18-4-6-20(29)7-5-18/h4-7,9,13-16,32H,3,8,10-12,29H2,1-2H3,(H4,30,31,33,34). The number of aromatic nitrogens is 2. The van der Waals surface area contributed by atoms with E-state index in [4.69, 9.17) is 31.4 Å². The minimum absolute atomic E-state index is 0.119. The summed E-state index contributed by atoms with van der Waals surface area (Å²) in [4.78, 5) is 8.36. The molecule has 2 aromatic carbocycles. The Kier molecular flexibility index (Phi) is 9.12. The van der Waals surface area contributed by atoms with Crippen LogP contribution in [0.15, 0.2) is 60.4 Å². The number of nitrogens with one attached hydrogen (secondary N) is 1. The summed E-state index contributed by atoms with van der Waals surface area (Å²) in [5, 5.41) is 3.41. The van der Waals surface area contributed by atoms with E-state index < -0.39 is 10.3 Å². The number of benzene rings is 2. The molecule has 0 fully saturated rings. The third-order valence-electron chi connectivity index (χ3n) is 6.25. The Balaban J connectivity index is 1.40. The van der Waals surface area contributed by atoms with Gasteiger partial charge in [0.2, 0.25) is 22.0 Å². The molecule has 0 aliphatic heterocycles. The van der Waals surface area contributed by atoms with Crippen LogP contribution in [0.25, 0.3) is 5.57 Å². The van der Waals surface area contributed by atoms with Crippen LogP contribution in [0.3, 0.4) is 0 Å². The molecule has 0 unspecified atom stereocenters. The van der Waals surface area contributed by atoms with Gasteiger partial charge in [-0.05, 0) is 47.9 Å². The molecule has 0 bridgehead atoms. The Bertz CT molecular complexity index is 1550. The molecule has 0 saturated heterocycles. The highest BCUT2D eigenvalue weighted by atomic mass is 32.2. The Morgan fingerprint density at radius 1 is 1.02 bits per heavy atom. The summed E-state index contributed by atoms with van der Waals surface area (Å²) in [5.74, 6) is 1.97. The van der Waals surface area contributed by atoms with E-state index in [9.17, 15) is 8.42 Å². The van der Waals surface area contributed by atoms with Gasteiger partial charge in [-0.3, -0.25) is 0 Å². The predicted octanol–water partition coefficient (Wildman–Crippen LogP) is 2.61. The molecule has 1 aliphatic rings. The van der Waals surface area contributed by atoms with Crippen LogP contribution in [0, 0.1) is 0 Å². The molecule has 0 spiro atoms. The first-order chi connectivity index (χ1) is 19.3. The lowest BCUT2D eigenvalue weighted by atomic mass is 9.96. The topological polar surface area (TPSA) is 178 Å². The van der Waals surface area contributed by atoms with Crippen LogP contribution in [0.4, 0.5) is 17.5 Å². The molecule has 1 aromatic heterocycles. The Labute approximate surface area is 234 Å². The lowest BCUT2D eigenvalue weighted by molar-refractivity contribution is 0.270. The molecule has 0 radical (unpaired) electrons. The third-order valence-corrected chi connectivity index (χ3v) is 6.97. The molecule has 7 N–H and O–H groups in total. The van der Waals surface area contributed by atoms with Crippen molar-refractivity contribution in [3.05, 3.63) is 77.1 Å². The highest BCUT2D eigenvalue weighted by Crippen LogP contribution is 2.39. The molecule has 0 atom stereocenters. The number of ether oxygens (including phenoxy) is 3. The number of hydrogen-bond acceptors (Lipinski definition) is 11. The van der Waals surface area contributed by atoms with Gasteiger partial charge in [-0.1, -0.05) is 18.2 Å². The quantitative estimate of drug-likeness (QED) is 0.153. The van der Waals surface area contributed by atoms with Gasteiger partial charge in [0.15, 0.2) is 11.5 Å². The molecule has 1 heterocycles. The summed E-state index contributed by atoms with van der Waals surface area (Å²) in [6, 6.07) is 11.0. The molecule has 210 valence electrons. The summed E-state index contributed by atoms with van der Waals surface area (Å²) in [5.41, 5.74) is 22.2. The number of nitrogen functional groups attached to an aromatic ring is 3. The van der Waals surface area contributed by atoms with E-state index in [1.165, 1.54) is 0 Å². The van der Waals surface area contributed by atoms with Crippen LogP contribution < -0.4 is 36.7 Å². The fourth-order valence-corrected chi connectivity index (χ4v) is 4.67. The monoisotopic (exact) mass is 564 g/mol. The second-order valence-electron chi connectivity index (χ2n) is 8.98. The largest absolute Gasteiger partial charge is 0.493 e. The van der Waals surface area contributed by atoms with Crippen molar-refractivity contribution in [3.8, 4) is 17.2 Å². The fraction of sp³-hybridized carbons (Fsp3) is 0.250. The van der Waals surface area contributed by atoms with Crippen molar-refractivity contribution in [2.24, 2.45) is 0 Å². The number of hydrogen-bond donors (Lipinski definition) is 4. The molecule has 12 heteroatoms. The Morgan fingerprint density at radius 2 is 1.73 bits per heavy atom. The zero-order valence-electron chi connectivity index (χ0n) is 22.3. The highest BCUT2D eigenvalue weighted by Gasteiger charge is 2.17. The van der Waals surface area contributed by atoms with Crippen molar-refractivity contribution in [1.29, 1.82) is 0 Å². The molecule has 0 saturated carbocycles. The van der Waals surface area contributed by atoms with Gasteiger partial charge >= 0.3 is 0 Å². The van der Waals surface area contributed by atoms with Crippen LogP contribution in [-0.2, 0) is 16.7 Å². The van der Waals surface area contributed by atoms with Crippen LogP contribution >= 0.6 is 0 Å². The van der Waals surface area contributed by atoms with Gasteiger partial charge in [0.25, 0.3) is 0 Å². The molecular formula is C28H32N6O5S. The van der Waals surface area contributed by atoms with Gasteiger partial charge in [-0.2, -0.15) is 13.4 Å². The molecule has 0 amide bonds. The molecule has 11 nitrogen and oxygen atoms in total. The van der Waals surface area contributed by atoms with Crippen molar-refractivity contribution in [2.45, 2.75) is 19.3 Å². The number of methoxy groups -OCH3 is 2. The summed E-state index contributed by atoms with van der Waals surface area (Å²) in [6.45, 7) is 0.973. The number of allylic oxidation sites excluding steroid dienone is 3. The summed E-state index contributed by atoms with van der Waals surface area (Å²) < 4.78 is 40.4. The smallest absolute Gasteiger partial charge is 0.221 e. The second-order valence-corrected chi connectivity index (χ2v) is 9.97. The van der Waals surface area contributed by atoms with Gasteiger partial charge in [0.05, 0.1) is 25.7 Å². The maximum Gasteiger partial charge on any atom is 0.221 e. The van der Waals surface area contributed by atoms with Crippen LogP contribution in [-0.4, -0.2) is 50.6 Å². The molecule has 3 aromatic rings. The fourth-order valence-electron chi connectivity index (χ4n) is 4.23. The zero-order chi connectivity index (χ0) is 28.6. The maximum atomic E-state index is 11.6. The van der Waals surface area contributed by atoms with Crippen LogP contribution in [0.5, 0.6) is 17.2 Å². The first kappa shape index (κ1) is 28.3. The van der Waals surface area contributed by atoms with Crippen molar-refractivity contribution in [3.63, 3.8) is 0 Å². The first-order valence-electron chi connectivity index (χ1n) is 12.5. The highest BCUT2D eigenvalue weighted by molar-refractivity contribution is 7.73. The number of nitrogens with zero attached hydrogens (tertiary/aromatic N) is 2. The van der Waals surface area contributed by atoms with E-state index >= 15 is 0 Å². The van der Waals surface area contributed by atoms with E-state index in [0.29, 0.717) is 66.0 Å². The molecule has 40 heavy (non-hydrogen) atoms. The van der Waals surface area contributed by atoms with E-state index in [1.54, 1.807) is 38.6 Å². The molecule has 4 rings (SSSR count). The van der Waals surface area contributed by atoms with Gasteiger partial charge in [0, 0.05) is 48.1 Å². The zero-order valence-corrected chi connectivity index (χ0v) is 23.1. The molecular weight excluding hydrogens is 532 g/mol. The Hall–Kier alpha value is -4.71. The maximum absolute atomic E-state index is 11.6. The average Bonchev–Trinajstić information content (AvgIpc) is 2.95. The predicted molar refractivity (Wildman–Crippen MR) is 157 cm³/mol. The second kappa shape index (κ2) is 12.9. The number of rotatable bonds is 11. The minimum atomic E-state index is -2.29. The van der Waals surface area contributed by atoms with Crippen LogP contribution in [0.2, 0.25) is 0 Å². The van der Waals surface area contributed by atoms with E-state index in [1.807, 2.05) is 30.3 Å². The van der Waals surface area contributed by atoms with E-state index in [2.05, 4.69) is 15.3 Å². The van der Waals surface area contributed by atoms with Crippen molar-refractivity contribution in [2.75, 3.05) is 44.6 Å². The summed E-state index contributed by atoms with van der Waals surface area (Å²) in [7, 11) is 0.842. The van der Waals surface area contributed by atoms with Crippen molar-refractivity contribution < 1.29 is 22.6 Å². The first-order valence-corrected chi connectivity index (χ1v) is 13.6. The average molecular weight is 565 g/mol. The lowest BCUT2D eigenvalue weighted by Gasteiger charge is -2.20. The van der Waals surface area contributed by atoms with Gasteiger partial charge < -0.3 is 36.7 Å². The van der Waals surface area contributed by atoms with E-state index in [-0.39, 0.29) is 5.95 Å². The van der Waals surface area contributed by atoms with Gasteiger partial charge in [-0.15, -0.1) is 0 Å². The third kappa shape index (κ3) is 6.83. The summed E-state index contributed by atoms with van der Waals surface area (Å²) >= 11 is 0. The SMILES string of the molecule is COc1cc(Cc2cnc(N)nc2N)cc(OC)c1OCCCNC1=CCC(=S(=O)=O)C=C1c1ccc(N)cc1. The molecule has 1 aliphatic carbocycles. The van der Waals surface area contributed by atoms with E-state index in [0.717, 1.165) is 28.0 Å². The van der Waals surface area contributed by atoms with Gasteiger partial charge in [0.1, 0.15) is 5.82 Å². The number of anilines is 3. The number of nitrogens with two attached hydrogens (primary N) is 3. The Morgan fingerprint density at radius 3 is 2.35 bits per heavy atom. The normalized spacial score (nSPS) is 12.8. The lowest BCUT2D eigenvalue weighted by Crippen LogP contribution is -2.21. The summed E-state index contributed by atoms with van der Waals surface area (Å²) in [6.07, 6.45) is 6.60.